The van der Waals surface area contributed by atoms with Gasteiger partial charge < -0.3 is 15.4 Å². The summed E-state index contributed by atoms with van der Waals surface area (Å²) in [4.78, 5) is 4.74. The van der Waals surface area contributed by atoms with E-state index in [1.54, 1.807) is 0 Å². The van der Waals surface area contributed by atoms with Crippen LogP contribution in [-0.4, -0.2) is 51.3 Å². The predicted octanol–water partition coefficient (Wildman–Crippen LogP) is 0.914. The number of nitrogens with two attached hydrogens (primary N) is 1. The molecule has 1 aliphatic rings. The Labute approximate surface area is 109 Å². The highest BCUT2D eigenvalue weighted by Gasteiger charge is 2.12. The van der Waals surface area contributed by atoms with Crippen LogP contribution in [0.25, 0.3) is 0 Å². The minimum absolute atomic E-state index is 0.595. The number of hydrogen-bond acceptors (Lipinski definition) is 4. The van der Waals surface area contributed by atoms with Gasteiger partial charge in [0.05, 0.1) is 13.2 Å². The lowest BCUT2D eigenvalue weighted by molar-refractivity contribution is 0.0393. The van der Waals surface area contributed by atoms with E-state index in [1.807, 2.05) is 6.07 Å². The molecule has 1 saturated heterocycles. The van der Waals surface area contributed by atoms with Gasteiger partial charge in [-0.05, 0) is 11.6 Å². The molecule has 0 radical (unpaired) electrons. The van der Waals surface area contributed by atoms with Crippen molar-refractivity contribution < 1.29 is 4.74 Å². The Morgan fingerprint density at radius 3 is 2.72 bits per heavy atom. The number of ether oxygens (including phenoxy) is 1. The lowest BCUT2D eigenvalue weighted by Crippen LogP contribution is -2.40. The van der Waals surface area contributed by atoms with Gasteiger partial charge >= 0.3 is 0 Å². The Balaban J connectivity index is 1.88. The molecule has 0 spiro atoms. The van der Waals surface area contributed by atoms with Crippen molar-refractivity contribution in [2.75, 3.05) is 51.3 Å². The van der Waals surface area contributed by atoms with E-state index in [0.29, 0.717) is 6.54 Å². The van der Waals surface area contributed by atoms with E-state index in [9.17, 15) is 0 Å². The Kier molecular flexibility index (Phi) is 4.99. The summed E-state index contributed by atoms with van der Waals surface area (Å²) < 4.78 is 5.36. The quantitative estimate of drug-likeness (QED) is 0.842. The maximum Gasteiger partial charge on any atom is 0.0594 e. The third-order valence-electron chi connectivity index (χ3n) is 3.48. The Bertz CT molecular complexity index is 364. The van der Waals surface area contributed by atoms with Crippen LogP contribution in [0.1, 0.15) is 5.56 Å². The molecule has 0 bridgehead atoms. The molecule has 0 amide bonds. The van der Waals surface area contributed by atoms with E-state index >= 15 is 0 Å². The normalized spacial score (nSPS) is 16.8. The van der Waals surface area contributed by atoms with Crippen LogP contribution in [0.2, 0.25) is 0 Å². The Morgan fingerprint density at radius 2 is 2.00 bits per heavy atom. The summed E-state index contributed by atoms with van der Waals surface area (Å²) in [7, 11) is 2.13. The molecule has 4 nitrogen and oxygen atoms in total. The molecular formula is C14H23N3O. The molecule has 1 aromatic rings. The number of anilines is 1. The number of para-hydroxylation sites is 1. The summed E-state index contributed by atoms with van der Waals surface area (Å²) in [5.74, 6) is 0. The second kappa shape index (κ2) is 6.73. The molecule has 100 valence electrons. The van der Waals surface area contributed by atoms with Gasteiger partial charge in [0.15, 0.2) is 0 Å². The third-order valence-corrected chi connectivity index (χ3v) is 3.48. The van der Waals surface area contributed by atoms with Gasteiger partial charge in [0.1, 0.15) is 0 Å². The molecule has 1 heterocycles. The fourth-order valence-corrected chi connectivity index (χ4v) is 2.29. The van der Waals surface area contributed by atoms with Crippen molar-refractivity contribution in [3.05, 3.63) is 29.8 Å². The molecule has 1 aliphatic heterocycles. The van der Waals surface area contributed by atoms with Gasteiger partial charge in [-0.15, -0.1) is 0 Å². The van der Waals surface area contributed by atoms with Crippen LogP contribution in [0.4, 0.5) is 5.69 Å². The number of hydrogen-bond donors (Lipinski definition) is 1. The number of likely N-dealkylation sites (N-methyl/N-ethyl adjacent to an activating group) is 1. The summed E-state index contributed by atoms with van der Waals surface area (Å²) in [6, 6.07) is 8.35. The summed E-state index contributed by atoms with van der Waals surface area (Å²) >= 11 is 0. The van der Waals surface area contributed by atoms with Gasteiger partial charge in [-0.2, -0.15) is 0 Å². The molecule has 0 saturated carbocycles. The number of nitrogens with zero attached hydrogens (tertiary/aromatic N) is 2. The van der Waals surface area contributed by atoms with Crippen LogP contribution in [0.5, 0.6) is 0 Å². The van der Waals surface area contributed by atoms with Crippen LogP contribution < -0.4 is 10.6 Å². The lowest BCUT2D eigenvalue weighted by atomic mass is 10.1. The third kappa shape index (κ3) is 3.45. The molecule has 0 atom stereocenters. The van der Waals surface area contributed by atoms with Gasteiger partial charge in [0.2, 0.25) is 0 Å². The smallest absolute Gasteiger partial charge is 0.0594 e. The summed E-state index contributed by atoms with van der Waals surface area (Å²) in [6.07, 6.45) is 0. The van der Waals surface area contributed by atoms with Crippen molar-refractivity contribution in [2.24, 2.45) is 5.73 Å². The summed E-state index contributed by atoms with van der Waals surface area (Å²) in [6.45, 7) is 6.53. The highest BCUT2D eigenvalue weighted by atomic mass is 16.5. The van der Waals surface area contributed by atoms with E-state index in [1.165, 1.54) is 11.3 Å². The van der Waals surface area contributed by atoms with Crippen LogP contribution in [0.15, 0.2) is 24.3 Å². The predicted molar refractivity (Wildman–Crippen MR) is 74.9 cm³/mol. The topological polar surface area (TPSA) is 41.7 Å². The highest BCUT2D eigenvalue weighted by Crippen LogP contribution is 2.18. The molecule has 0 unspecified atom stereocenters. The van der Waals surface area contributed by atoms with Crippen LogP contribution in [0, 0.1) is 0 Å². The first-order valence-electron chi connectivity index (χ1n) is 6.60. The zero-order chi connectivity index (χ0) is 12.8. The zero-order valence-corrected chi connectivity index (χ0v) is 11.1. The average molecular weight is 249 g/mol. The van der Waals surface area contributed by atoms with Crippen molar-refractivity contribution in [3.63, 3.8) is 0 Å². The van der Waals surface area contributed by atoms with Crippen molar-refractivity contribution in [3.8, 4) is 0 Å². The van der Waals surface area contributed by atoms with E-state index in [4.69, 9.17) is 10.5 Å². The molecule has 0 aromatic heterocycles. The van der Waals surface area contributed by atoms with Crippen LogP contribution >= 0.6 is 0 Å². The summed E-state index contributed by atoms with van der Waals surface area (Å²) in [5.41, 5.74) is 8.23. The van der Waals surface area contributed by atoms with Gasteiger partial charge in [-0.3, -0.25) is 4.90 Å². The molecule has 1 fully saturated rings. The van der Waals surface area contributed by atoms with Gasteiger partial charge in [-0.1, -0.05) is 18.2 Å². The highest BCUT2D eigenvalue weighted by molar-refractivity contribution is 5.52. The average Bonchev–Trinajstić information content (AvgIpc) is 2.45. The largest absolute Gasteiger partial charge is 0.379 e. The summed E-state index contributed by atoms with van der Waals surface area (Å²) in [5, 5.41) is 0. The zero-order valence-electron chi connectivity index (χ0n) is 11.1. The Morgan fingerprint density at radius 1 is 1.28 bits per heavy atom. The number of morpholine rings is 1. The van der Waals surface area contributed by atoms with Crippen molar-refractivity contribution in [1.82, 2.24) is 4.90 Å². The Hall–Kier alpha value is -1.10. The van der Waals surface area contributed by atoms with E-state index in [2.05, 4.69) is 35.0 Å². The minimum atomic E-state index is 0.595. The second-order valence-corrected chi connectivity index (χ2v) is 4.71. The van der Waals surface area contributed by atoms with Crippen molar-refractivity contribution in [2.45, 2.75) is 6.54 Å². The first-order valence-corrected chi connectivity index (χ1v) is 6.60. The van der Waals surface area contributed by atoms with Gasteiger partial charge in [-0.25, -0.2) is 0 Å². The molecule has 18 heavy (non-hydrogen) atoms. The first kappa shape index (κ1) is 13.3. The van der Waals surface area contributed by atoms with Crippen molar-refractivity contribution >= 4 is 5.69 Å². The molecule has 1 aromatic carbocycles. The molecule has 0 aliphatic carbocycles. The first-order chi connectivity index (χ1) is 8.81. The van der Waals surface area contributed by atoms with Crippen molar-refractivity contribution in [1.29, 1.82) is 0 Å². The maximum absolute atomic E-state index is 5.77. The molecular weight excluding hydrogens is 226 g/mol. The van der Waals surface area contributed by atoms with Gasteiger partial charge in [0, 0.05) is 45.5 Å². The van der Waals surface area contributed by atoms with Crippen LogP contribution in [0.3, 0.4) is 0 Å². The van der Waals surface area contributed by atoms with Gasteiger partial charge in [0.25, 0.3) is 0 Å². The standard InChI is InChI=1S/C14H23N3O/c1-16(6-7-17-8-10-18-11-9-17)14-5-3-2-4-13(14)12-15/h2-5H,6-12,15H2,1H3. The van der Waals surface area contributed by atoms with E-state index < -0.39 is 0 Å². The van der Waals surface area contributed by atoms with E-state index in [-0.39, 0.29) is 0 Å². The number of benzene rings is 1. The number of rotatable bonds is 5. The van der Waals surface area contributed by atoms with Crippen LogP contribution in [-0.2, 0) is 11.3 Å². The fraction of sp³-hybridized carbons (Fsp3) is 0.571. The molecule has 4 heteroatoms. The molecule has 2 rings (SSSR count). The SMILES string of the molecule is CN(CCN1CCOCC1)c1ccccc1CN. The lowest BCUT2D eigenvalue weighted by Gasteiger charge is -2.30. The van der Waals surface area contributed by atoms with E-state index in [0.717, 1.165) is 39.4 Å². The molecule has 2 N–H and O–H groups in total. The maximum atomic E-state index is 5.77. The monoisotopic (exact) mass is 249 g/mol. The second-order valence-electron chi connectivity index (χ2n) is 4.71. The minimum Gasteiger partial charge on any atom is -0.379 e. The fourth-order valence-electron chi connectivity index (χ4n) is 2.29.